The quantitative estimate of drug-likeness (QED) is 0.792. The summed E-state index contributed by atoms with van der Waals surface area (Å²) in [5.74, 6) is 1.88. The molecule has 5 heteroatoms. The van der Waals surface area contributed by atoms with Crippen LogP contribution < -0.4 is 5.32 Å². The number of furan rings is 1. The highest BCUT2D eigenvalue weighted by molar-refractivity contribution is 7.09. The van der Waals surface area contributed by atoms with Crippen LogP contribution in [-0.4, -0.2) is 18.6 Å². The average molecular weight is 280 g/mol. The third-order valence-corrected chi connectivity index (χ3v) is 3.97. The second kappa shape index (κ2) is 6.84. The summed E-state index contributed by atoms with van der Waals surface area (Å²) < 4.78 is 11.4. The van der Waals surface area contributed by atoms with Gasteiger partial charge in [-0.1, -0.05) is 0 Å². The standard InChI is InChI=1S/C14H20N2O2S/c1-10-6-12(18-13(10)7-15-3)8-17-5-4-14-11(2)16-9-19-14/h6,9,15H,4-5,7-8H2,1-3H3. The van der Waals surface area contributed by atoms with E-state index < -0.39 is 0 Å². The first kappa shape index (κ1) is 14.2. The zero-order valence-corrected chi connectivity index (χ0v) is 12.5. The van der Waals surface area contributed by atoms with Crippen molar-refractivity contribution in [3.8, 4) is 0 Å². The lowest BCUT2D eigenvalue weighted by Gasteiger charge is -2.01. The van der Waals surface area contributed by atoms with Crippen molar-refractivity contribution < 1.29 is 9.15 Å². The monoisotopic (exact) mass is 280 g/mol. The van der Waals surface area contributed by atoms with Gasteiger partial charge >= 0.3 is 0 Å². The largest absolute Gasteiger partial charge is 0.462 e. The highest BCUT2D eigenvalue weighted by Crippen LogP contribution is 2.16. The lowest BCUT2D eigenvalue weighted by atomic mass is 10.2. The third kappa shape index (κ3) is 3.89. The van der Waals surface area contributed by atoms with Crippen LogP contribution in [0, 0.1) is 13.8 Å². The molecule has 0 atom stereocenters. The number of nitrogens with zero attached hydrogens (tertiary/aromatic N) is 1. The Morgan fingerprint density at radius 1 is 1.42 bits per heavy atom. The van der Waals surface area contributed by atoms with E-state index in [9.17, 15) is 0 Å². The molecule has 0 saturated heterocycles. The number of hydrogen-bond acceptors (Lipinski definition) is 5. The van der Waals surface area contributed by atoms with Gasteiger partial charge < -0.3 is 14.5 Å². The van der Waals surface area contributed by atoms with Crippen LogP contribution in [0.5, 0.6) is 0 Å². The summed E-state index contributed by atoms with van der Waals surface area (Å²) in [4.78, 5) is 5.52. The summed E-state index contributed by atoms with van der Waals surface area (Å²) in [6.45, 7) is 6.07. The maximum absolute atomic E-state index is 5.72. The number of aromatic nitrogens is 1. The van der Waals surface area contributed by atoms with Crippen molar-refractivity contribution in [3.05, 3.63) is 39.2 Å². The van der Waals surface area contributed by atoms with Gasteiger partial charge in [0.25, 0.3) is 0 Å². The van der Waals surface area contributed by atoms with Gasteiger partial charge in [-0.15, -0.1) is 11.3 Å². The average Bonchev–Trinajstić information content (AvgIpc) is 2.93. The summed E-state index contributed by atoms with van der Waals surface area (Å²) in [5.41, 5.74) is 4.16. The van der Waals surface area contributed by atoms with Gasteiger partial charge in [-0.3, -0.25) is 0 Å². The fourth-order valence-electron chi connectivity index (χ4n) is 1.90. The molecule has 104 valence electrons. The highest BCUT2D eigenvalue weighted by atomic mass is 32.1. The molecule has 0 aromatic carbocycles. The summed E-state index contributed by atoms with van der Waals surface area (Å²) in [5, 5.41) is 3.09. The number of hydrogen-bond donors (Lipinski definition) is 1. The zero-order valence-electron chi connectivity index (χ0n) is 11.7. The lowest BCUT2D eigenvalue weighted by molar-refractivity contribution is 0.108. The number of ether oxygens (including phenoxy) is 1. The molecule has 0 aliphatic heterocycles. The van der Waals surface area contributed by atoms with E-state index in [4.69, 9.17) is 9.15 Å². The Labute approximate surface area is 117 Å². The van der Waals surface area contributed by atoms with Crippen LogP contribution in [0.15, 0.2) is 16.0 Å². The maximum atomic E-state index is 5.72. The molecule has 0 saturated carbocycles. The second-order valence-electron chi connectivity index (χ2n) is 4.51. The van der Waals surface area contributed by atoms with E-state index in [0.29, 0.717) is 13.2 Å². The van der Waals surface area contributed by atoms with E-state index in [0.717, 1.165) is 30.2 Å². The van der Waals surface area contributed by atoms with Crippen LogP contribution in [-0.2, 0) is 24.3 Å². The molecule has 19 heavy (non-hydrogen) atoms. The SMILES string of the molecule is CNCc1oc(COCCc2scnc2C)cc1C. The minimum absolute atomic E-state index is 0.530. The molecule has 0 amide bonds. The number of nitrogens with one attached hydrogen (secondary N) is 1. The van der Waals surface area contributed by atoms with Gasteiger partial charge in [-0.2, -0.15) is 0 Å². The van der Waals surface area contributed by atoms with Crippen molar-refractivity contribution >= 4 is 11.3 Å². The summed E-state index contributed by atoms with van der Waals surface area (Å²) >= 11 is 1.69. The smallest absolute Gasteiger partial charge is 0.130 e. The molecule has 2 heterocycles. The Morgan fingerprint density at radius 3 is 2.95 bits per heavy atom. The van der Waals surface area contributed by atoms with Gasteiger partial charge in [0.05, 0.1) is 24.4 Å². The van der Waals surface area contributed by atoms with Crippen LogP contribution in [0.3, 0.4) is 0 Å². The second-order valence-corrected chi connectivity index (χ2v) is 5.45. The van der Waals surface area contributed by atoms with Gasteiger partial charge in [0.2, 0.25) is 0 Å². The van der Waals surface area contributed by atoms with Gasteiger partial charge in [0, 0.05) is 11.3 Å². The maximum Gasteiger partial charge on any atom is 0.130 e. The molecular formula is C14H20N2O2S. The van der Waals surface area contributed by atoms with Crippen molar-refractivity contribution in [2.24, 2.45) is 0 Å². The molecule has 2 rings (SSSR count). The van der Waals surface area contributed by atoms with Gasteiger partial charge in [-0.25, -0.2) is 4.98 Å². The molecule has 1 N–H and O–H groups in total. The third-order valence-electron chi connectivity index (χ3n) is 2.97. The minimum Gasteiger partial charge on any atom is -0.462 e. The molecule has 0 fully saturated rings. The molecule has 2 aromatic rings. The first-order valence-electron chi connectivity index (χ1n) is 6.40. The van der Waals surface area contributed by atoms with Crippen LogP contribution in [0.2, 0.25) is 0 Å². The molecule has 0 aliphatic carbocycles. The van der Waals surface area contributed by atoms with Crippen LogP contribution in [0.1, 0.15) is 27.7 Å². The van der Waals surface area contributed by atoms with Crippen molar-refractivity contribution in [3.63, 3.8) is 0 Å². The van der Waals surface area contributed by atoms with Crippen LogP contribution >= 0.6 is 11.3 Å². The number of thiazole rings is 1. The van der Waals surface area contributed by atoms with E-state index in [1.165, 1.54) is 10.4 Å². The van der Waals surface area contributed by atoms with Gasteiger partial charge in [-0.05, 0) is 32.5 Å². The predicted molar refractivity (Wildman–Crippen MR) is 76.4 cm³/mol. The van der Waals surface area contributed by atoms with E-state index in [1.807, 2.05) is 25.5 Å². The first-order valence-corrected chi connectivity index (χ1v) is 7.28. The van der Waals surface area contributed by atoms with Crippen molar-refractivity contribution in [2.45, 2.75) is 33.4 Å². The molecule has 0 unspecified atom stereocenters. The normalized spacial score (nSPS) is 11.1. The van der Waals surface area contributed by atoms with E-state index in [-0.39, 0.29) is 0 Å². The Hall–Kier alpha value is -1.17. The molecular weight excluding hydrogens is 260 g/mol. The molecule has 0 aliphatic rings. The minimum atomic E-state index is 0.530. The molecule has 4 nitrogen and oxygen atoms in total. The van der Waals surface area contributed by atoms with Crippen molar-refractivity contribution in [1.82, 2.24) is 10.3 Å². The lowest BCUT2D eigenvalue weighted by Crippen LogP contribution is -2.04. The predicted octanol–water partition coefficient (Wildman–Crippen LogP) is 2.83. The fourth-order valence-corrected chi connectivity index (χ4v) is 2.66. The van der Waals surface area contributed by atoms with Gasteiger partial charge in [0.15, 0.2) is 0 Å². The molecule has 2 aromatic heterocycles. The van der Waals surface area contributed by atoms with E-state index >= 15 is 0 Å². The highest BCUT2D eigenvalue weighted by Gasteiger charge is 2.07. The van der Waals surface area contributed by atoms with Crippen LogP contribution in [0.25, 0.3) is 0 Å². The fraction of sp³-hybridized carbons (Fsp3) is 0.500. The van der Waals surface area contributed by atoms with Crippen molar-refractivity contribution in [2.75, 3.05) is 13.7 Å². The number of aryl methyl sites for hydroxylation is 2. The van der Waals surface area contributed by atoms with Gasteiger partial charge in [0.1, 0.15) is 18.1 Å². The summed E-state index contributed by atoms with van der Waals surface area (Å²) in [6.07, 6.45) is 0.916. The first-order chi connectivity index (χ1) is 9.20. The van der Waals surface area contributed by atoms with Crippen molar-refractivity contribution in [1.29, 1.82) is 0 Å². The Balaban J connectivity index is 1.76. The van der Waals surface area contributed by atoms with Crippen LogP contribution in [0.4, 0.5) is 0 Å². The topological polar surface area (TPSA) is 47.3 Å². The summed E-state index contributed by atoms with van der Waals surface area (Å²) in [6, 6.07) is 2.05. The Morgan fingerprint density at radius 2 is 2.26 bits per heavy atom. The molecule has 0 bridgehead atoms. The van der Waals surface area contributed by atoms with E-state index in [2.05, 4.69) is 17.2 Å². The zero-order chi connectivity index (χ0) is 13.7. The Bertz CT molecular complexity index is 519. The molecule has 0 radical (unpaired) electrons. The Kier molecular flexibility index (Phi) is 5.13. The number of rotatable bonds is 7. The molecule has 0 spiro atoms. The summed E-state index contributed by atoms with van der Waals surface area (Å²) in [7, 11) is 1.91. The van der Waals surface area contributed by atoms with E-state index in [1.54, 1.807) is 11.3 Å².